The van der Waals surface area contributed by atoms with E-state index in [9.17, 15) is 9.18 Å². The van der Waals surface area contributed by atoms with Crippen LogP contribution in [0.25, 0.3) is 0 Å². The number of carboxylic acids is 1. The van der Waals surface area contributed by atoms with Crippen molar-refractivity contribution in [2.45, 2.75) is 17.7 Å². The third-order valence-corrected chi connectivity index (χ3v) is 1.79. The summed E-state index contributed by atoms with van der Waals surface area (Å²) in [5, 5.41) is 8.21. The molecule has 1 unspecified atom stereocenters. The van der Waals surface area contributed by atoms with Crippen LogP contribution in [-0.4, -0.2) is 21.6 Å². The molecule has 0 fully saturated rings. The first-order chi connectivity index (χ1) is 5.59. The van der Waals surface area contributed by atoms with Crippen LogP contribution in [0.3, 0.4) is 0 Å². The van der Waals surface area contributed by atoms with E-state index >= 15 is 0 Å². The quantitative estimate of drug-likeness (QED) is 0.732. The highest BCUT2D eigenvalue weighted by Crippen LogP contribution is 2.23. The van der Waals surface area contributed by atoms with Gasteiger partial charge in [-0.15, -0.1) is 0 Å². The van der Waals surface area contributed by atoms with Crippen LogP contribution in [0.5, 0.6) is 0 Å². The molecule has 4 nitrogen and oxygen atoms in total. The predicted octanol–water partition coefficient (Wildman–Crippen LogP) is 1.46. The van der Waals surface area contributed by atoms with E-state index < -0.39 is 11.5 Å². The number of rotatable bonds is 3. The Morgan fingerprint density at radius 3 is 3.00 bits per heavy atom. The Balaban J connectivity index is 2.58. The maximum atomic E-state index is 12.5. The first-order valence-corrected chi connectivity index (χ1v) is 3.93. The molecule has 0 aliphatic heterocycles. The van der Waals surface area contributed by atoms with Gasteiger partial charge < -0.3 is 9.52 Å². The highest BCUT2D eigenvalue weighted by atomic mass is 32.2. The second-order valence-electron chi connectivity index (χ2n) is 2.03. The summed E-state index contributed by atoms with van der Waals surface area (Å²) >= 11 is 0.429. The Labute approximate surface area is 71.8 Å². The van der Waals surface area contributed by atoms with E-state index in [1.807, 2.05) is 0 Å². The van der Waals surface area contributed by atoms with Crippen molar-refractivity contribution in [3.63, 3.8) is 0 Å². The number of aromatic nitrogens is 1. The molecule has 1 N–H and O–H groups in total. The predicted molar refractivity (Wildman–Crippen MR) is 39.6 cm³/mol. The molecule has 0 radical (unpaired) electrons. The summed E-state index contributed by atoms with van der Waals surface area (Å²) in [6.07, 6.45) is 1.33. The van der Waals surface area contributed by atoms with E-state index in [1.165, 1.54) is 6.26 Å². The van der Waals surface area contributed by atoms with E-state index in [1.54, 1.807) is 6.92 Å². The van der Waals surface area contributed by atoms with Crippen molar-refractivity contribution in [1.82, 2.24) is 4.98 Å². The van der Waals surface area contributed by atoms with E-state index in [4.69, 9.17) is 9.52 Å². The molecular formula is C6H6FNO3S. The zero-order valence-corrected chi connectivity index (χ0v) is 6.97. The molecule has 0 spiro atoms. The number of aryl methyl sites for hydroxylation is 1. The van der Waals surface area contributed by atoms with Crippen molar-refractivity contribution in [3.05, 3.63) is 12.0 Å². The number of carboxylic acid groups (broad SMARTS) is 1. The van der Waals surface area contributed by atoms with Gasteiger partial charge in [-0.2, -0.15) is 0 Å². The second-order valence-corrected chi connectivity index (χ2v) is 3.03. The number of aliphatic carboxylic acids is 1. The van der Waals surface area contributed by atoms with Gasteiger partial charge in [-0.3, -0.25) is 0 Å². The standard InChI is InChI=1S/C6H6FNO3S/c1-3-2-11-6(8-3)12-4(7)5(9)10/h2,4H,1H3,(H,9,10). The fraction of sp³-hybridized carbons (Fsp3) is 0.333. The minimum absolute atomic E-state index is 0.0300. The number of hydrogen-bond donors (Lipinski definition) is 1. The van der Waals surface area contributed by atoms with Crippen LogP contribution in [0.2, 0.25) is 0 Å². The molecule has 0 aliphatic carbocycles. The lowest BCUT2D eigenvalue weighted by atomic mass is 10.6. The van der Waals surface area contributed by atoms with Crippen LogP contribution in [0.4, 0.5) is 4.39 Å². The summed E-state index contributed by atoms with van der Waals surface area (Å²) in [4.78, 5) is 13.8. The zero-order chi connectivity index (χ0) is 9.14. The van der Waals surface area contributed by atoms with Gasteiger partial charge >= 0.3 is 5.97 Å². The molecule has 0 saturated carbocycles. The smallest absolute Gasteiger partial charge is 0.349 e. The number of carbonyl (C=O) groups is 1. The van der Waals surface area contributed by atoms with E-state index in [-0.39, 0.29) is 5.22 Å². The first-order valence-electron chi connectivity index (χ1n) is 3.05. The van der Waals surface area contributed by atoms with Gasteiger partial charge in [0, 0.05) is 0 Å². The highest BCUT2D eigenvalue weighted by molar-refractivity contribution is 8.00. The number of halogens is 1. The van der Waals surface area contributed by atoms with E-state index in [0.29, 0.717) is 17.5 Å². The Kier molecular flexibility index (Phi) is 2.69. The molecule has 0 aromatic carbocycles. The maximum Gasteiger partial charge on any atom is 0.349 e. The van der Waals surface area contributed by atoms with Crippen LogP contribution >= 0.6 is 11.8 Å². The van der Waals surface area contributed by atoms with E-state index in [0.717, 1.165) is 0 Å². The largest absolute Gasteiger partial charge is 0.478 e. The molecule has 66 valence electrons. The fourth-order valence-electron chi connectivity index (χ4n) is 0.525. The van der Waals surface area contributed by atoms with Crippen LogP contribution in [0, 0.1) is 6.92 Å². The van der Waals surface area contributed by atoms with Gasteiger partial charge in [0.1, 0.15) is 6.26 Å². The van der Waals surface area contributed by atoms with Gasteiger partial charge in [0.05, 0.1) is 5.69 Å². The van der Waals surface area contributed by atoms with Crippen LogP contribution in [0.15, 0.2) is 15.9 Å². The van der Waals surface area contributed by atoms with Crippen LogP contribution in [0.1, 0.15) is 5.69 Å². The Bertz CT molecular complexity index is 288. The summed E-state index contributed by atoms with van der Waals surface area (Å²) < 4.78 is 17.2. The fourth-order valence-corrected chi connectivity index (χ4v) is 1.10. The average Bonchev–Trinajstić information content (AvgIpc) is 2.35. The normalized spacial score (nSPS) is 12.8. The number of thioether (sulfide) groups is 1. The Hall–Kier alpha value is -1.04. The van der Waals surface area contributed by atoms with E-state index in [2.05, 4.69) is 4.98 Å². The van der Waals surface area contributed by atoms with Crippen LogP contribution in [-0.2, 0) is 4.79 Å². The lowest BCUT2D eigenvalue weighted by Gasteiger charge is -1.96. The van der Waals surface area contributed by atoms with Crippen molar-refractivity contribution >= 4 is 17.7 Å². The molecule has 6 heteroatoms. The second kappa shape index (κ2) is 3.57. The molecule has 1 atom stereocenters. The first kappa shape index (κ1) is 9.05. The van der Waals surface area contributed by atoms with Crippen molar-refractivity contribution in [2.75, 3.05) is 0 Å². The summed E-state index contributed by atoms with van der Waals surface area (Å²) in [5.41, 5.74) is -1.43. The monoisotopic (exact) mass is 191 g/mol. The van der Waals surface area contributed by atoms with Gasteiger partial charge in [0.15, 0.2) is 0 Å². The van der Waals surface area contributed by atoms with Gasteiger partial charge in [0.2, 0.25) is 0 Å². The van der Waals surface area contributed by atoms with Crippen LogP contribution < -0.4 is 0 Å². The molecule has 0 amide bonds. The van der Waals surface area contributed by atoms with Gasteiger partial charge in [-0.05, 0) is 18.7 Å². The zero-order valence-electron chi connectivity index (χ0n) is 6.15. The van der Waals surface area contributed by atoms with Crippen molar-refractivity contribution < 1.29 is 18.7 Å². The molecule has 0 saturated heterocycles. The molecule has 0 bridgehead atoms. The SMILES string of the molecule is Cc1coc(SC(F)C(=O)O)n1. The number of hydrogen-bond acceptors (Lipinski definition) is 4. The minimum Gasteiger partial charge on any atom is -0.478 e. The molecule has 1 aromatic heterocycles. The molecule has 0 aliphatic rings. The third kappa shape index (κ3) is 2.23. The third-order valence-electron chi connectivity index (χ3n) is 0.996. The number of alkyl halides is 1. The lowest BCUT2D eigenvalue weighted by Crippen LogP contribution is -2.09. The molecular weight excluding hydrogens is 185 g/mol. The highest BCUT2D eigenvalue weighted by Gasteiger charge is 2.19. The molecule has 12 heavy (non-hydrogen) atoms. The van der Waals surface area contributed by atoms with Crippen molar-refractivity contribution in [1.29, 1.82) is 0 Å². The molecule has 1 aromatic rings. The van der Waals surface area contributed by atoms with Gasteiger partial charge in [-0.1, -0.05) is 0 Å². The van der Waals surface area contributed by atoms with Gasteiger partial charge in [0.25, 0.3) is 10.7 Å². The summed E-state index contributed by atoms with van der Waals surface area (Å²) in [5.74, 6) is -1.53. The van der Waals surface area contributed by atoms with Gasteiger partial charge in [-0.25, -0.2) is 14.2 Å². The lowest BCUT2D eigenvalue weighted by molar-refractivity contribution is -0.139. The minimum atomic E-state index is -2.02. The summed E-state index contributed by atoms with van der Waals surface area (Å²) in [6, 6.07) is 0. The maximum absolute atomic E-state index is 12.5. The summed E-state index contributed by atoms with van der Waals surface area (Å²) in [6.45, 7) is 1.67. The summed E-state index contributed by atoms with van der Waals surface area (Å²) in [7, 11) is 0. The average molecular weight is 191 g/mol. The van der Waals surface area contributed by atoms with Crippen molar-refractivity contribution in [3.8, 4) is 0 Å². The van der Waals surface area contributed by atoms with Crippen molar-refractivity contribution in [2.24, 2.45) is 0 Å². The molecule has 1 heterocycles. The topological polar surface area (TPSA) is 63.3 Å². The Morgan fingerprint density at radius 2 is 2.58 bits per heavy atom. The number of nitrogens with zero attached hydrogens (tertiary/aromatic N) is 1. The number of oxazole rings is 1. The Morgan fingerprint density at radius 1 is 1.92 bits per heavy atom. The molecule has 1 rings (SSSR count).